The molecule has 26 heavy (non-hydrogen) atoms. The maximum atomic E-state index is 11.9. The second-order valence-electron chi connectivity index (χ2n) is 4.85. The van der Waals surface area contributed by atoms with Gasteiger partial charge in [-0.05, 0) is 25.5 Å². The van der Waals surface area contributed by atoms with Gasteiger partial charge < -0.3 is 19.8 Å². The zero-order valence-corrected chi connectivity index (χ0v) is 15.7. The Hall–Kier alpha value is -2.40. The number of carbonyl (C=O) groups excluding carboxylic acids is 3. The van der Waals surface area contributed by atoms with E-state index in [4.69, 9.17) is 9.15 Å². The molecule has 140 valence electrons. The number of thioether (sulfide) groups is 1. The van der Waals surface area contributed by atoms with Gasteiger partial charge >= 0.3 is 5.97 Å². The number of hydrogen-bond acceptors (Lipinski definition) is 9. The van der Waals surface area contributed by atoms with Crippen molar-refractivity contribution in [1.82, 2.24) is 15.5 Å². The summed E-state index contributed by atoms with van der Waals surface area (Å²) in [6.45, 7) is 2.42. The fraction of sp³-hybridized carbons (Fsp3) is 0.400. The number of amides is 2. The van der Waals surface area contributed by atoms with Gasteiger partial charge in [-0.15, -0.1) is 10.2 Å². The second-order valence-corrected chi connectivity index (χ2v) is 7.05. The van der Waals surface area contributed by atoms with E-state index in [1.165, 1.54) is 29.4 Å². The number of ether oxygens (including phenoxy) is 1. The van der Waals surface area contributed by atoms with Crippen molar-refractivity contribution in [3.63, 3.8) is 0 Å². The predicted octanol–water partition coefficient (Wildman–Crippen LogP) is 1.93. The molecule has 9 nitrogen and oxygen atoms in total. The summed E-state index contributed by atoms with van der Waals surface area (Å²) >= 11 is 2.38. The number of esters is 1. The van der Waals surface area contributed by atoms with E-state index in [1.54, 1.807) is 19.1 Å². The first-order valence-corrected chi connectivity index (χ1v) is 9.62. The monoisotopic (exact) mass is 398 g/mol. The van der Waals surface area contributed by atoms with Gasteiger partial charge in [0.25, 0.3) is 5.91 Å². The Morgan fingerprint density at radius 1 is 1.35 bits per heavy atom. The van der Waals surface area contributed by atoms with Crippen LogP contribution in [0.1, 0.15) is 30.3 Å². The number of nitrogens with zero attached hydrogens (tertiary/aromatic N) is 2. The quantitative estimate of drug-likeness (QED) is 0.269. The van der Waals surface area contributed by atoms with Gasteiger partial charge in [-0.2, -0.15) is 0 Å². The van der Waals surface area contributed by atoms with E-state index in [0.29, 0.717) is 29.0 Å². The van der Waals surface area contributed by atoms with Crippen LogP contribution in [-0.4, -0.2) is 46.9 Å². The minimum absolute atomic E-state index is 0.145. The molecule has 0 radical (unpaired) electrons. The van der Waals surface area contributed by atoms with E-state index in [-0.39, 0.29) is 35.7 Å². The third kappa shape index (κ3) is 6.84. The summed E-state index contributed by atoms with van der Waals surface area (Å²) in [6, 6.07) is 3.19. The first-order valence-electron chi connectivity index (χ1n) is 7.82. The van der Waals surface area contributed by atoms with Crippen LogP contribution in [0.2, 0.25) is 0 Å². The Balaban J connectivity index is 1.63. The summed E-state index contributed by atoms with van der Waals surface area (Å²) in [5, 5.41) is 13.4. The van der Waals surface area contributed by atoms with Crippen LogP contribution in [0, 0.1) is 0 Å². The molecular formula is C15H18N4O5S2. The van der Waals surface area contributed by atoms with Crippen LogP contribution in [0.5, 0.6) is 0 Å². The largest absolute Gasteiger partial charge is 0.465 e. The highest BCUT2D eigenvalue weighted by molar-refractivity contribution is 8.01. The lowest BCUT2D eigenvalue weighted by Gasteiger charge is -2.03. The molecule has 2 aromatic rings. The van der Waals surface area contributed by atoms with E-state index in [9.17, 15) is 14.4 Å². The van der Waals surface area contributed by atoms with Crippen LogP contribution in [0.3, 0.4) is 0 Å². The SMILES string of the molecule is CCOC(=O)CSc1nnc(NC(=O)CCCNC(=O)c2ccco2)s1. The van der Waals surface area contributed by atoms with Crippen molar-refractivity contribution in [3.05, 3.63) is 24.2 Å². The van der Waals surface area contributed by atoms with E-state index < -0.39 is 0 Å². The molecule has 0 saturated heterocycles. The number of rotatable bonds is 10. The summed E-state index contributed by atoms with van der Waals surface area (Å²) in [6.07, 6.45) is 2.12. The Morgan fingerprint density at radius 2 is 2.19 bits per heavy atom. The lowest BCUT2D eigenvalue weighted by Crippen LogP contribution is -2.25. The molecule has 0 unspecified atom stereocenters. The summed E-state index contributed by atoms with van der Waals surface area (Å²) in [5.41, 5.74) is 0. The number of carbonyl (C=O) groups is 3. The molecule has 2 heterocycles. The topological polar surface area (TPSA) is 123 Å². The lowest BCUT2D eigenvalue weighted by atomic mass is 10.3. The van der Waals surface area contributed by atoms with Gasteiger partial charge in [0.05, 0.1) is 18.6 Å². The molecule has 0 saturated carbocycles. The van der Waals surface area contributed by atoms with Crippen molar-refractivity contribution < 1.29 is 23.5 Å². The van der Waals surface area contributed by atoms with Crippen LogP contribution in [0.4, 0.5) is 5.13 Å². The van der Waals surface area contributed by atoms with Gasteiger partial charge in [0.15, 0.2) is 10.1 Å². The van der Waals surface area contributed by atoms with Crippen LogP contribution >= 0.6 is 23.1 Å². The van der Waals surface area contributed by atoms with Crippen LogP contribution in [-0.2, 0) is 14.3 Å². The molecule has 0 aromatic carbocycles. The fourth-order valence-corrected chi connectivity index (χ4v) is 3.34. The Labute approximate surface area is 157 Å². The van der Waals surface area contributed by atoms with Gasteiger partial charge in [0, 0.05) is 13.0 Å². The molecule has 2 N–H and O–H groups in total. The van der Waals surface area contributed by atoms with E-state index in [1.807, 2.05) is 0 Å². The maximum Gasteiger partial charge on any atom is 0.316 e. The molecule has 11 heteroatoms. The average molecular weight is 398 g/mol. The number of aromatic nitrogens is 2. The highest BCUT2D eigenvalue weighted by Crippen LogP contribution is 2.25. The summed E-state index contributed by atoms with van der Waals surface area (Å²) in [7, 11) is 0. The molecule has 0 aliphatic heterocycles. The van der Waals surface area contributed by atoms with Gasteiger partial charge in [0.2, 0.25) is 11.0 Å². The first-order chi connectivity index (χ1) is 12.6. The van der Waals surface area contributed by atoms with Crippen LogP contribution in [0.15, 0.2) is 27.2 Å². The third-order valence-corrected chi connectivity index (χ3v) is 4.83. The highest BCUT2D eigenvalue weighted by atomic mass is 32.2. The molecule has 0 spiro atoms. The molecule has 0 fully saturated rings. The van der Waals surface area contributed by atoms with Crippen molar-refractivity contribution >= 4 is 46.0 Å². The molecule has 2 aromatic heterocycles. The van der Waals surface area contributed by atoms with Crippen molar-refractivity contribution in [1.29, 1.82) is 0 Å². The number of anilines is 1. The number of furan rings is 1. The Bertz CT molecular complexity index is 732. The standard InChI is InChI=1S/C15H18N4O5S2/c1-2-23-12(21)9-25-15-19-18-14(26-15)17-11(20)6-3-7-16-13(22)10-5-4-8-24-10/h4-5,8H,2-3,6-7,9H2,1H3,(H,16,22)(H,17,18,20). The van der Waals surface area contributed by atoms with Crippen molar-refractivity contribution in [2.45, 2.75) is 24.1 Å². The van der Waals surface area contributed by atoms with E-state index in [2.05, 4.69) is 20.8 Å². The molecule has 0 atom stereocenters. The maximum absolute atomic E-state index is 11.9. The third-order valence-electron chi connectivity index (χ3n) is 2.88. The van der Waals surface area contributed by atoms with Crippen LogP contribution in [0.25, 0.3) is 0 Å². The smallest absolute Gasteiger partial charge is 0.316 e. The molecule has 0 aliphatic rings. The first kappa shape index (κ1) is 19.9. The number of nitrogens with one attached hydrogen (secondary N) is 2. The highest BCUT2D eigenvalue weighted by Gasteiger charge is 2.11. The summed E-state index contributed by atoms with van der Waals surface area (Å²) in [5.74, 6) is -0.490. The van der Waals surface area contributed by atoms with Gasteiger partial charge in [-0.1, -0.05) is 23.1 Å². The predicted molar refractivity (Wildman–Crippen MR) is 96.2 cm³/mol. The average Bonchev–Trinajstić information content (AvgIpc) is 3.29. The van der Waals surface area contributed by atoms with Crippen molar-refractivity contribution in [2.75, 3.05) is 24.2 Å². The van der Waals surface area contributed by atoms with E-state index in [0.717, 1.165) is 0 Å². The van der Waals surface area contributed by atoms with E-state index >= 15 is 0 Å². The van der Waals surface area contributed by atoms with Crippen molar-refractivity contribution in [3.8, 4) is 0 Å². The van der Waals surface area contributed by atoms with Crippen LogP contribution < -0.4 is 10.6 Å². The minimum atomic E-state index is -0.324. The molecule has 0 aliphatic carbocycles. The molecule has 2 amide bonds. The summed E-state index contributed by atoms with van der Waals surface area (Å²) < 4.78 is 10.4. The number of hydrogen-bond donors (Lipinski definition) is 2. The van der Waals surface area contributed by atoms with Gasteiger partial charge in [-0.25, -0.2) is 0 Å². The van der Waals surface area contributed by atoms with Crippen molar-refractivity contribution in [2.24, 2.45) is 0 Å². The van der Waals surface area contributed by atoms with Gasteiger partial charge in [-0.3, -0.25) is 14.4 Å². The Morgan fingerprint density at radius 3 is 2.92 bits per heavy atom. The Kier molecular flexibility index (Phi) is 8.09. The lowest BCUT2D eigenvalue weighted by molar-refractivity contribution is -0.139. The molecule has 0 bridgehead atoms. The summed E-state index contributed by atoms with van der Waals surface area (Å²) in [4.78, 5) is 34.8. The molecule has 2 rings (SSSR count). The zero-order valence-electron chi connectivity index (χ0n) is 14.0. The normalized spacial score (nSPS) is 10.3. The minimum Gasteiger partial charge on any atom is -0.465 e. The fourth-order valence-electron chi connectivity index (χ4n) is 1.77. The second kappa shape index (κ2) is 10.6. The zero-order chi connectivity index (χ0) is 18.8. The molecular weight excluding hydrogens is 380 g/mol. The van der Waals surface area contributed by atoms with Gasteiger partial charge in [0.1, 0.15) is 0 Å².